The highest BCUT2D eigenvalue weighted by atomic mass is 16.2. The molecule has 2 saturated heterocycles. The van der Waals surface area contributed by atoms with E-state index in [0.29, 0.717) is 11.8 Å². The third-order valence-corrected chi connectivity index (χ3v) is 2.89. The third-order valence-electron chi connectivity index (χ3n) is 2.89. The van der Waals surface area contributed by atoms with Crippen LogP contribution in [0.5, 0.6) is 0 Å². The highest BCUT2D eigenvalue weighted by Gasteiger charge is 2.31. The molecule has 2 rings (SSSR count). The molecule has 1 unspecified atom stereocenters. The maximum absolute atomic E-state index is 11.5. The maximum atomic E-state index is 11.5. The summed E-state index contributed by atoms with van der Waals surface area (Å²) in [6.45, 7) is 2.05. The summed E-state index contributed by atoms with van der Waals surface area (Å²) in [6, 6.07) is 0. The summed E-state index contributed by atoms with van der Waals surface area (Å²) in [5.41, 5.74) is 0. The van der Waals surface area contributed by atoms with E-state index in [0.717, 1.165) is 25.9 Å². The molecule has 1 atom stereocenters. The Balaban J connectivity index is 2.06. The fourth-order valence-electron chi connectivity index (χ4n) is 2.16. The smallest absolute Gasteiger partial charge is 0.225 e. The second kappa shape index (κ2) is 2.84. The SMILES string of the molecule is O=C1C2CCCCCN1CC2. The zero-order valence-corrected chi connectivity index (χ0v) is 6.88. The Hall–Kier alpha value is -0.530. The van der Waals surface area contributed by atoms with E-state index in [-0.39, 0.29) is 0 Å². The molecule has 2 aliphatic rings. The van der Waals surface area contributed by atoms with Crippen molar-refractivity contribution in [3.05, 3.63) is 0 Å². The molecule has 62 valence electrons. The van der Waals surface area contributed by atoms with Crippen molar-refractivity contribution in [1.29, 1.82) is 0 Å². The van der Waals surface area contributed by atoms with Gasteiger partial charge in [0.15, 0.2) is 0 Å². The van der Waals surface area contributed by atoms with Gasteiger partial charge in [-0.25, -0.2) is 0 Å². The monoisotopic (exact) mass is 153 g/mol. The number of rotatable bonds is 0. The first kappa shape index (κ1) is 7.14. The van der Waals surface area contributed by atoms with Gasteiger partial charge in [0.25, 0.3) is 0 Å². The molecular weight excluding hydrogens is 138 g/mol. The van der Waals surface area contributed by atoms with E-state index < -0.39 is 0 Å². The van der Waals surface area contributed by atoms with Crippen molar-refractivity contribution in [3.8, 4) is 0 Å². The van der Waals surface area contributed by atoms with Crippen LogP contribution in [0.25, 0.3) is 0 Å². The molecule has 0 N–H and O–H groups in total. The molecule has 2 heterocycles. The Morgan fingerprint density at radius 2 is 2.00 bits per heavy atom. The largest absolute Gasteiger partial charge is 0.342 e. The molecular formula is C9H15NO. The highest BCUT2D eigenvalue weighted by Crippen LogP contribution is 2.26. The Labute approximate surface area is 67.6 Å². The van der Waals surface area contributed by atoms with E-state index in [1.807, 2.05) is 4.90 Å². The van der Waals surface area contributed by atoms with Gasteiger partial charge in [-0.2, -0.15) is 0 Å². The number of fused-ring (bicyclic) bond motifs is 2. The van der Waals surface area contributed by atoms with E-state index in [1.165, 1.54) is 19.3 Å². The average molecular weight is 153 g/mol. The fraction of sp³-hybridized carbons (Fsp3) is 0.889. The van der Waals surface area contributed by atoms with Gasteiger partial charge in [0.2, 0.25) is 5.91 Å². The van der Waals surface area contributed by atoms with E-state index in [1.54, 1.807) is 0 Å². The Morgan fingerprint density at radius 3 is 2.91 bits per heavy atom. The van der Waals surface area contributed by atoms with Crippen molar-refractivity contribution in [2.24, 2.45) is 5.92 Å². The van der Waals surface area contributed by atoms with Crippen LogP contribution >= 0.6 is 0 Å². The van der Waals surface area contributed by atoms with Crippen LogP contribution in [0.3, 0.4) is 0 Å². The fourth-order valence-corrected chi connectivity index (χ4v) is 2.16. The van der Waals surface area contributed by atoms with Crippen molar-refractivity contribution < 1.29 is 4.79 Å². The van der Waals surface area contributed by atoms with Gasteiger partial charge in [0, 0.05) is 19.0 Å². The Morgan fingerprint density at radius 1 is 1.09 bits per heavy atom. The Bertz CT molecular complexity index is 151. The number of nitrogens with zero attached hydrogens (tertiary/aromatic N) is 1. The van der Waals surface area contributed by atoms with Gasteiger partial charge in [-0.1, -0.05) is 12.8 Å². The predicted molar refractivity (Wildman–Crippen MR) is 43.2 cm³/mol. The minimum absolute atomic E-state index is 0.398. The van der Waals surface area contributed by atoms with Crippen LogP contribution in [0, 0.1) is 5.92 Å². The van der Waals surface area contributed by atoms with Gasteiger partial charge in [-0.3, -0.25) is 4.79 Å². The summed E-state index contributed by atoms with van der Waals surface area (Å²) in [4.78, 5) is 13.5. The van der Waals surface area contributed by atoms with Crippen LogP contribution in [-0.2, 0) is 4.79 Å². The number of hydrogen-bond acceptors (Lipinski definition) is 1. The highest BCUT2D eigenvalue weighted by molar-refractivity contribution is 5.80. The minimum Gasteiger partial charge on any atom is -0.342 e. The van der Waals surface area contributed by atoms with Crippen LogP contribution in [0.15, 0.2) is 0 Å². The molecule has 0 aromatic rings. The summed E-state index contributed by atoms with van der Waals surface area (Å²) in [5.74, 6) is 0.833. The van der Waals surface area contributed by atoms with Crippen LogP contribution in [0.4, 0.5) is 0 Å². The zero-order chi connectivity index (χ0) is 7.68. The van der Waals surface area contributed by atoms with Crippen LogP contribution in [0.2, 0.25) is 0 Å². The van der Waals surface area contributed by atoms with Crippen molar-refractivity contribution in [1.82, 2.24) is 4.90 Å². The van der Waals surface area contributed by atoms with Gasteiger partial charge in [0.05, 0.1) is 0 Å². The molecule has 0 saturated carbocycles. The zero-order valence-electron chi connectivity index (χ0n) is 6.88. The lowest BCUT2D eigenvalue weighted by Crippen LogP contribution is -2.29. The number of carbonyl (C=O) groups is 1. The Kier molecular flexibility index (Phi) is 1.84. The van der Waals surface area contributed by atoms with Gasteiger partial charge in [-0.15, -0.1) is 0 Å². The lowest BCUT2D eigenvalue weighted by Gasteiger charge is -2.19. The topological polar surface area (TPSA) is 20.3 Å². The average Bonchev–Trinajstić information content (AvgIpc) is 2.38. The van der Waals surface area contributed by atoms with E-state index in [9.17, 15) is 4.79 Å². The summed E-state index contributed by atoms with van der Waals surface area (Å²) >= 11 is 0. The van der Waals surface area contributed by atoms with Crippen LogP contribution < -0.4 is 0 Å². The van der Waals surface area contributed by atoms with Crippen molar-refractivity contribution in [2.75, 3.05) is 13.1 Å². The summed E-state index contributed by atoms with van der Waals surface area (Å²) < 4.78 is 0. The summed E-state index contributed by atoms with van der Waals surface area (Å²) in [5, 5.41) is 0. The van der Waals surface area contributed by atoms with Crippen molar-refractivity contribution in [2.45, 2.75) is 32.1 Å². The van der Waals surface area contributed by atoms with E-state index in [2.05, 4.69) is 0 Å². The molecule has 1 amide bonds. The standard InChI is InChI=1S/C9H15NO/c11-9-8-4-2-1-3-6-10(9)7-5-8/h8H,1-7H2. The van der Waals surface area contributed by atoms with Gasteiger partial charge >= 0.3 is 0 Å². The quantitative estimate of drug-likeness (QED) is 0.515. The third kappa shape index (κ3) is 1.26. The first-order chi connectivity index (χ1) is 5.38. The molecule has 0 aliphatic carbocycles. The van der Waals surface area contributed by atoms with E-state index >= 15 is 0 Å². The molecule has 2 fully saturated rings. The molecule has 0 spiro atoms. The lowest BCUT2D eigenvalue weighted by atomic mass is 9.99. The second-order valence-corrected chi connectivity index (χ2v) is 3.66. The normalized spacial score (nSPS) is 31.8. The first-order valence-corrected chi connectivity index (χ1v) is 4.67. The van der Waals surface area contributed by atoms with Gasteiger partial charge < -0.3 is 4.90 Å². The lowest BCUT2D eigenvalue weighted by molar-refractivity contribution is -0.131. The predicted octanol–water partition coefficient (Wildman–Crippen LogP) is 1.41. The maximum Gasteiger partial charge on any atom is 0.225 e. The first-order valence-electron chi connectivity index (χ1n) is 4.67. The van der Waals surface area contributed by atoms with Gasteiger partial charge in [-0.05, 0) is 19.3 Å². The van der Waals surface area contributed by atoms with E-state index in [4.69, 9.17) is 0 Å². The molecule has 2 bridgehead atoms. The van der Waals surface area contributed by atoms with Crippen molar-refractivity contribution in [3.63, 3.8) is 0 Å². The molecule has 2 nitrogen and oxygen atoms in total. The molecule has 2 heteroatoms. The van der Waals surface area contributed by atoms with Gasteiger partial charge in [0.1, 0.15) is 0 Å². The van der Waals surface area contributed by atoms with Crippen molar-refractivity contribution >= 4 is 5.91 Å². The summed E-state index contributed by atoms with van der Waals surface area (Å²) in [6.07, 6.45) is 6.08. The summed E-state index contributed by atoms with van der Waals surface area (Å²) in [7, 11) is 0. The number of carbonyl (C=O) groups excluding carboxylic acids is 1. The van der Waals surface area contributed by atoms with Crippen LogP contribution in [-0.4, -0.2) is 23.9 Å². The number of amides is 1. The molecule has 2 aliphatic heterocycles. The number of hydrogen-bond donors (Lipinski definition) is 0. The second-order valence-electron chi connectivity index (χ2n) is 3.66. The minimum atomic E-state index is 0.398. The van der Waals surface area contributed by atoms with Crippen LogP contribution in [0.1, 0.15) is 32.1 Å². The molecule has 0 aromatic heterocycles. The molecule has 11 heavy (non-hydrogen) atoms. The molecule has 0 aromatic carbocycles. The molecule has 0 radical (unpaired) electrons.